The molecule has 0 saturated heterocycles. The molecule has 0 spiro atoms. The molecule has 1 aromatic carbocycles. The lowest BCUT2D eigenvalue weighted by atomic mass is 10.0. The molecule has 1 radical (unpaired) electrons. The molecular formula is C16H13F3NO. The van der Waals surface area contributed by atoms with E-state index in [1.165, 1.54) is 23.4 Å². The summed E-state index contributed by atoms with van der Waals surface area (Å²) in [5.74, 6) is -0.455. The van der Waals surface area contributed by atoms with Gasteiger partial charge >= 0.3 is 6.36 Å². The van der Waals surface area contributed by atoms with Crippen molar-refractivity contribution in [1.82, 2.24) is 4.98 Å². The highest BCUT2D eigenvalue weighted by Crippen LogP contribution is 2.26. The van der Waals surface area contributed by atoms with E-state index < -0.39 is 12.2 Å². The topological polar surface area (TPSA) is 22.1 Å². The SMILES string of the molecule is FC(F)(F)Oc1ccc(-c2ccc(CC3=CC3)cc2)cn1.[H]. The van der Waals surface area contributed by atoms with Crippen molar-refractivity contribution in [2.45, 2.75) is 19.2 Å². The van der Waals surface area contributed by atoms with Crippen LogP contribution in [0, 0.1) is 0 Å². The van der Waals surface area contributed by atoms with E-state index in [1.54, 1.807) is 6.07 Å². The van der Waals surface area contributed by atoms with Crippen LogP contribution < -0.4 is 4.74 Å². The largest absolute Gasteiger partial charge is 0.574 e. The molecule has 1 aliphatic carbocycles. The summed E-state index contributed by atoms with van der Waals surface area (Å²) in [6.45, 7) is 0. The van der Waals surface area contributed by atoms with Crippen LogP contribution in [0.2, 0.25) is 0 Å². The van der Waals surface area contributed by atoms with E-state index in [2.05, 4.69) is 15.8 Å². The molecule has 0 bridgehead atoms. The van der Waals surface area contributed by atoms with Crippen LogP contribution in [0.15, 0.2) is 54.2 Å². The molecule has 2 nitrogen and oxygen atoms in total. The van der Waals surface area contributed by atoms with Gasteiger partial charge in [-0.25, -0.2) is 4.98 Å². The lowest BCUT2D eigenvalue weighted by Gasteiger charge is -2.08. The Kier molecular flexibility index (Phi) is 3.41. The summed E-state index contributed by atoms with van der Waals surface area (Å²) < 4.78 is 39.9. The van der Waals surface area contributed by atoms with Crippen molar-refractivity contribution in [3.05, 3.63) is 59.8 Å². The maximum Gasteiger partial charge on any atom is 0.574 e. The minimum absolute atomic E-state index is 0. The Hall–Kier alpha value is -2.30. The number of hydrogen-bond acceptors (Lipinski definition) is 2. The Balaban J connectivity index is 0.00000176. The summed E-state index contributed by atoms with van der Waals surface area (Å²) in [7, 11) is 0. The van der Waals surface area contributed by atoms with Crippen LogP contribution in [-0.4, -0.2) is 11.3 Å². The van der Waals surface area contributed by atoms with Gasteiger partial charge in [0.05, 0.1) is 0 Å². The molecule has 21 heavy (non-hydrogen) atoms. The van der Waals surface area contributed by atoms with E-state index in [0.717, 1.165) is 24.0 Å². The number of alkyl halides is 3. The van der Waals surface area contributed by atoms with Crippen LogP contribution in [0.4, 0.5) is 13.2 Å². The van der Waals surface area contributed by atoms with Gasteiger partial charge in [-0.15, -0.1) is 13.2 Å². The van der Waals surface area contributed by atoms with Crippen LogP contribution in [0.5, 0.6) is 5.88 Å². The maximum absolute atomic E-state index is 12.1. The van der Waals surface area contributed by atoms with Gasteiger partial charge in [0.25, 0.3) is 0 Å². The fourth-order valence-corrected chi connectivity index (χ4v) is 2.02. The number of ether oxygens (including phenoxy) is 1. The van der Waals surface area contributed by atoms with Gasteiger partial charge in [0, 0.05) is 19.3 Å². The quantitative estimate of drug-likeness (QED) is 0.766. The molecule has 0 atom stereocenters. The molecule has 0 aliphatic heterocycles. The zero-order chi connectivity index (χ0) is 14.9. The molecule has 1 aromatic heterocycles. The molecule has 5 heteroatoms. The van der Waals surface area contributed by atoms with Crippen molar-refractivity contribution in [3.8, 4) is 17.0 Å². The zero-order valence-electron chi connectivity index (χ0n) is 12.0. The first-order valence-electron chi connectivity index (χ1n) is 6.49. The Bertz CT molecular complexity index is 663. The van der Waals surface area contributed by atoms with Gasteiger partial charge in [-0.2, -0.15) is 0 Å². The van der Waals surface area contributed by atoms with Crippen molar-refractivity contribution in [2.75, 3.05) is 0 Å². The number of benzene rings is 1. The summed E-state index contributed by atoms with van der Waals surface area (Å²) in [6.07, 6.45) is 0.924. The van der Waals surface area contributed by atoms with Crippen molar-refractivity contribution in [1.29, 1.82) is 0 Å². The zero-order valence-corrected chi connectivity index (χ0v) is 11.0. The number of aromatic nitrogens is 1. The van der Waals surface area contributed by atoms with Gasteiger partial charge in [-0.05, 0) is 30.0 Å². The minimum atomic E-state index is -4.71. The van der Waals surface area contributed by atoms with Gasteiger partial charge < -0.3 is 4.74 Å². The molecule has 3 rings (SSSR count). The van der Waals surface area contributed by atoms with Crippen molar-refractivity contribution in [2.24, 2.45) is 0 Å². The number of hydrogen-bond donors (Lipinski definition) is 0. The Morgan fingerprint density at radius 2 is 1.71 bits per heavy atom. The summed E-state index contributed by atoms with van der Waals surface area (Å²) in [4.78, 5) is 3.67. The van der Waals surface area contributed by atoms with Gasteiger partial charge in [0.1, 0.15) is 0 Å². The first-order valence-corrected chi connectivity index (χ1v) is 6.49. The third-order valence-corrected chi connectivity index (χ3v) is 3.17. The van der Waals surface area contributed by atoms with Crippen LogP contribution in [0.1, 0.15) is 13.4 Å². The second-order valence-corrected chi connectivity index (χ2v) is 4.87. The van der Waals surface area contributed by atoms with Crippen LogP contribution in [-0.2, 0) is 6.42 Å². The predicted molar refractivity (Wildman–Crippen MR) is 73.9 cm³/mol. The lowest BCUT2D eigenvalue weighted by Crippen LogP contribution is -2.17. The number of allylic oxidation sites excluding steroid dienone is 2. The summed E-state index contributed by atoms with van der Waals surface area (Å²) in [5, 5.41) is 0. The third-order valence-electron chi connectivity index (χ3n) is 3.17. The molecule has 0 unspecified atom stereocenters. The summed E-state index contributed by atoms with van der Waals surface area (Å²) in [5.41, 5.74) is 4.34. The van der Waals surface area contributed by atoms with Gasteiger partial charge in [0.15, 0.2) is 0 Å². The van der Waals surface area contributed by atoms with Crippen LogP contribution >= 0.6 is 0 Å². The van der Waals surface area contributed by atoms with Crippen molar-refractivity contribution in [3.63, 3.8) is 0 Å². The molecule has 2 aromatic rings. The van der Waals surface area contributed by atoms with E-state index in [-0.39, 0.29) is 1.43 Å². The standard InChI is InChI=1S/C16H12F3NO.H/c17-16(18,19)21-15-8-7-14(10-20-15)13-5-3-12(4-6-13)9-11-1-2-11;/h1,3-8,10H,2,9H2;. The highest BCUT2D eigenvalue weighted by Gasteiger charge is 2.31. The molecule has 0 fully saturated rings. The second-order valence-electron chi connectivity index (χ2n) is 4.87. The molecular weight excluding hydrogens is 279 g/mol. The fraction of sp³-hybridized carbons (Fsp3) is 0.188. The average Bonchev–Trinajstić information content (AvgIpc) is 3.23. The normalized spacial score (nSPS) is 13.8. The molecule has 109 valence electrons. The molecule has 0 saturated carbocycles. The third kappa shape index (κ3) is 3.84. The van der Waals surface area contributed by atoms with Crippen molar-refractivity contribution >= 4 is 0 Å². The van der Waals surface area contributed by atoms with Crippen LogP contribution in [0.3, 0.4) is 0 Å². The van der Waals surface area contributed by atoms with Gasteiger partial charge in [-0.3, -0.25) is 0 Å². The Labute approximate surface area is 121 Å². The summed E-state index contributed by atoms with van der Waals surface area (Å²) in [6, 6.07) is 10.7. The average molecular weight is 292 g/mol. The van der Waals surface area contributed by atoms with E-state index in [0.29, 0.717) is 0 Å². The predicted octanol–water partition coefficient (Wildman–Crippen LogP) is 4.63. The highest BCUT2D eigenvalue weighted by molar-refractivity contribution is 5.63. The van der Waals surface area contributed by atoms with E-state index >= 15 is 0 Å². The number of nitrogens with zero attached hydrogens (tertiary/aromatic N) is 1. The maximum atomic E-state index is 12.1. The van der Waals surface area contributed by atoms with Crippen molar-refractivity contribution < 1.29 is 19.3 Å². The molecule has 0 N–H and O–H groups in total. The van der Waals surface area contributed by atoms with Gasteiger partial charge in [-0.1, -0.05) is 35.9 Å². The summed E-state index contributed by atoms with van der Waals surface area (Å²) >= 11 is 0. The fourth-order valence-electron chi connectivity index (χ4n) is 2.02. The van der Waals surface area contributed by atoms with Crippen LogP contribution in [0.25, 0.3) is 11.1 Å². The highest BCUT2D eigenvalue weighted by atomic mass is 19.4. The molecule has 0 amide bonds. The monoisotopic (exact) mass is 292 g/mol. The van der Waals surface area contributed by atoms with E-state index in [4.69, 9.17) is 0 Å². The number of rotatable bonds is 4. The van der Waals surface area contributed by atoms with E-state index in [1.807, 2.05) is 24.3 Å². The molecule has 1 aliphatic rings. The Morgan fingerprint density at radius 3 is 2.24 bits per heavy atom. The molecule has 1 heterocycles. The lowest BCUT2D eigenvalue weighted by molar-refractivity contribution is -0.276. The number of pyridine rings is 1. The second kappa shape index (κ2) is 5.24. The minimum Gasteiger partial charge on any atom is -0.388 e. The van der Waals surface area contributed by atoms with Gasteiger partial charge in [0.2, 0.25) is 5.88 Å². The Morgan fingerprint density at radius 1 is 1.05 bits per heavy atom. The van der Waals surface area contributed by atoms with E-state index in [9.17, 15) is 13.2 Å². The number of halogens is 3. The first-order chi connectivity index (χ1) is 9.99. The smallest absolute Gasteiger partial charge is 0.388 e. The first kappa shape index (κ1) is 13.7.